The fraction of sp³-hybridized carbons (Fsp3) is 0.722. The molecule has 1 saturated carbocycles. The molecule has 1 aliphatic carbocycles. The predicted molar refractivity (Wildman–Crippen MR) is 85.8 cm³/mol. The second-order valence-corrected chi connectivity index (χ2v) is 6.92. The molecule has 112 valence electrons. The van der Waals surface area contributed by atoms with Crippen LogP contribution in [0, 0.1) is 11.3 Å². The van der Waals surface area contributed by atoms with Crippen molar-refractivity contribution in [2.45, 2.75) is 65.3 Å². The van der Waals surface area contributed by atoms with Crippen molar-refractivity contribution in [1.82, 2.24) is 10.3 Å². The Balaban J connectivity index is 1.67. The van der Waals surface area contributed by atoms with E-state index in [0.29, 0.717) is 5.41 Å². The SMILES string of the molecule is CCC(C)(C)C1CCC(NCCc2ccccn2)CC1. The van der Waals surface area contributed by atoms with E-state index in [-0.39, 0.29) is 0 Å². The maximum Gasteiger partial charge on any atom is 0.0416 e. The topological polar surface area (TPSA) is 24.9 Å². The molecule has 0 radical (unpaired) electrons. The smallest absolute Gasteiger partial charge is 0.0416 e. The molecule has 2 rings (SSSR count). The van der Waals surface area contributed by atoms with Crippen LogP contribution >= 0.6 is 0 Å². The third kappa shape index (κ3) is 4.31. The van der Waals surface area contributed by atoms with Crippen molar-refractivity contribution in [3.05, 3.63) is 30.1 Å². The molecule has 1 heterocycles. The number of nitrogens with one attached hydrogen (secondary N) is 1. The van der Waals surface area contributed by atoms with Gasteiger partial charge in [-0.25, -0.2) is 0 Å². The number of nitrogens with zero attached hydrogens (tertiary/aromatic N) is 1. The highest BCUT2D eigenvalue weighted by atomic mass is 14.9. The van der Waals surface area contributed by atoms with Crippen molar-refractivity contribution in [2.75, 3.05) is 6.54 Å². The van der Waals surface area contributed by atoms with Gasteiger partial charge in [-0.05, 0) is 49.1 Å². The van der Waals surface area contributed by atoms with Crippen molar-refractivity contribution in [1.29, 1.82) is 0 Å². The molecule has 0 saturated heterocycles. The minimum absolute atomic E-state index is 0.527. The standard InChI is InChI=1S/C18H30N2/c1-4-18(2,3)15-8-10-17(11-9-15)20-14-12-16-7-5-6-13-19-16/h5-7,13,15,17,20H,4,8-12,14H2,1-3H3. The van der Waals surface area contributed by atoms with Crippen LogP contribution in [0.15, 0.2) is 24.4 Å². The number of rotatable bonds is 6. The Kier molecular flexibility index (Phi) is 5.59. The van der Waals surface area contributed by atoms with Crippen LogP contribution in [0.2, 0.25) is 0 Å². The zero-order valence-corrected chi connectivity index (χ0v) is 13.4. The Morgan fingerprint density at radius 1 is 1.20 bits per heavy atom. The fourth-order valence-corrected chi connectivity index (χ4v) is 3.32. The molecule has 0 aliphatic heterocycles. The van der Waals surface area contributed by atoms with Gasteiger partial charge in [-0.3, -0.25) is 4.98 Å². The van der Waals surface area contributed by atoms with Crippen molar-refractivity contribution in [2.24, 2.45) is 11.3 Å². The molecule has 2 nitrogen and oxygen atoms in total. The van der Waals surface area contributed by atoms with Gasteiger partial charge in [0.15, 0.2) is 0 Å². The van der Waals surface area contributed by atoms with Gasteiger partial charge in [0.1, 0.15) is 0 Å². The van der Waals surface area contributed by atoms with E-state index in [2.05, 4.69) is 43.2 Å². The average molecular weight is 274 g/mol. The minimum Gasteiger partial charge on any atom is -0.314 e. The Morgan fingerprint density at radius 3 is 2.55 bits per heavy atom. The highest BCUT2D eigenvalue weighted by molar-refractivity contribution is 5.03. The van der Waals surface area contributed by atoms with Crippen LogP contribution in [0.1, 0.15) is 58.6 Å². The lowest BCUT2D eigenvalue weighted by Gasteiger charge is -2.39. The van der Waals surface area contributed by atoms with Crippen LogP contribution in [0.4, 0.5) is 0 Å². The van der Waals surface area contributed by atoms with E-state index in [1.807, 2.05) is 12.3 Å². The molecule has 1 N–H and O–H groups in total. The highest BCUT2D eigenvalue weighted by Gasteiger charge is 2.31. The lowest BCUT2D eigenvalue weighted by Crippen LogP contribution is -2.37. The summed E-state index contributed by atoms with van der Waals surface area (Å²) < 4.78 is 0. The van der Waals surface area contributed by atoms with Crippen molar-refractivity contribution in [3.8, 4) is 0 Å². The van der Waals surface area contributed by atoms with Gasteiger partial charge in [0.25, 0.3) is 0 Å². The van der Waals surface area contributed by atoms with E-state index < -0.39 is 0 Å². The minimum atomic E-state index is 0.527. The maximum atomic E-state index is 4.38. The van der Waals surface area contributed by atoms with Crippen LogP contribution < -0.4 is 5.32 Å². The monoisotopic (exact) mass is 274 g/mol. The Labute approximate surface area is 124 Å². The Morgan fingerprint density at radius 2 is 1.95 bits per heavy atom. The largest absolute Gasteiger partial charge is 0.314 e. The van der Waals surface area contributed by atoms with Crippen LogP contribution in [0.3, 0.4) is 0 Å². The summed E-state index contributed by atoms with van der Waals surface area (Å²) in [4.78, 5) is 4.38. The summed E-state index contributed by atoms with van der Waals surface area (Å²) in [6.45, 7) is 8.26. The summed E-state index contributed by atoms with van der Waals surface area (Å²) in [5.41, 5.74) is 1.72. The van der Waals surface area contributed by atoms with Gasteiger partial charge >= 0.3 is 0 Å². The second kappa shape index (κ2) is 7.21. The molecule has 0 atom stereocenters. The summed E-state index contributed by atoms with van der Waals surface area (Å²) in [5.74, 6) is 0.918. The van der Waals surface area contributed by atoms with E-state index in [1.165, 1.54) is 37.8 Å². The van der Waals surface area contributed by atoms with E-state index in [1.54, 1.807) is 0 Å². The van der Waals surface area contributed by atoms with E-state index in [9.17, 15) is 0 Å². The first-order valence-corrected chi connectivity index (χ1v) is 8.25. The van der Waals surface area contributed by atoms with Gasteiger partial charge in [-0.2, -0.15) is 0 Å². The summed E-state index contributed by atoms with van der Waals surface area (Å²) in [6, 6.07) is 6.89. The first-order valence-electron chi connectivity index (χ1n) is 8.25. The third-order valence-corrected chi connectivity index (χ3v) is 5.28. The fourth-order valence-electron chi connectivity index (χ4n) is 3.32. The van der Waals surface area contributed by atoms with E-state index >= 15 is 0 Å². The van der Waals surface area contributed by atoms with Crippen molar-refractivity contribution >= 4 is 0 Å². The van der Waals surface area contributed by atoms with Gasteiger partial charge in [0, 0.05) is 30.9 Å². The number of pyridine rings is 1. The first kappa shape index (κ1) is 15.5. The molecule has 1 aromatic heterocycles. The molecular formula is C18H30N2. The highest BCUT2D eigenvalue weighted by Crippen LogP contribution is 2.40. The molecule has 1 fully saturated rings. The zero-order valence-electron chi connectivity index (χ0n) is 13.4. The molecule has 1 aromatic rings. The van der Waals surface area contributed by atoms with E-state index in [0.717, 1.165) is 24.9 Å². The van der Waals surface area contributed by atoms with Crippen molar-refractivity contribution < 1.29 is 0 Å². The van der Waals surface area contributed by atoms with Gasteiger partial charge in [-0.1, -0.05) is 33.3 Å². The third-order valence-electron chi connectivity index (χ3n) is 5.28. The van der Waals surface area contributed by atoms with Crippen molar-refractivity contribution in [3.63, 3.8) is 0 Å². The summed E-state index contributed by atoms with van der Waals surface area (Å²) in [7, 11) is 0. The lowest BCUT2D eigenvalue weighted by molar-refractivity contribution is 0.137. The molecule has 2 heteroatoms. The normalized spacial score (nSPS) is 23.8. The molecule has 0 spiro atoms. The maximum absolute atomic E-state index is 4.38. The van der Waals surface area contributed by atoms with Crippen LogP contribution in [-0.2, 0) is 6.42 Å². The van der Waals surface area contributed by atoms with Gasteiger partial charge in [0.2, 0.25) is 0 Å². The molecule has 0 aromatic carbocycles. The first-order chi connectivity index (χ1) is 9.62. The number of hydrogen-bond acceptors (Lipinski definition) is 2. The number of hydrogen-bond donors (Lipinski definition) is 1. The van der Waals surface area contributed by atoms with Gasteiger partial charge < -0.3 is 5.32 Å². The summed E-state index contributed by atoms with van der Waals surface area (Å²) >= 11 is 0. The van der Waals surface area contributed by atoms with Gasteiger partial charge in [0.05, 0.1) is 0 Å². The van der Waals surface area contributed by atoms with E-state index in [4.69, 9.17) is 0 Å². The Hall–Kier alpha value is -0.890. The zero-order chi connectivity index (χ0) is 14.4. The summed E-state index contributed by atoms with van der Waals surface area (Å²) in [5, 5.41) is 3.72. The lowest BCUT2D eigenvalue weighted by atomic mass is 9.69. The van der Waals surface area contributed by atoms with Crippen LogP contribution in [0.5, 0.6) is 0 Å². The average Bonchev–Trinajstić information content (AvgIpc) is 2.49. The quantitative estimate of drug-likeness (QED) is 0.840. The molecular weight excluding hydrogens is 244 g/mol. The summed E-state index contributed by atoms with van der Waals surface area (Å²) in [6.07, 6.45) is 9.70. The number of aromatic nitrogens is 1. The molecule has 1 aliphatic rings. The van der Waals surface area contributed by atoms with Crippen LogP contribution in [0.25, 0.3) is 0 Å². The predicted octanol–water partition coefficient (Wildman–Crippen LogP) is 4.21. The molecule has 0 amide bonds. The second-order valence-electron chi connectivity index (χ2n) is 6.92. The molecule has 20 heavy (non-hydrogen) atoms. The van der Waals surface area contributed by atoms with Crippen LogP contribution in [-0.4, -0.2) is 17.6 Å². The van der Waals surface area contributed by atoms with Gasteiger partial charge in [-0.15, -0.1) is 0 Å². The Bertz CT molecular complexity index is 378. The molecule has 0 unspecified atom stereocenters. The molecule has 0 bridgehead atoms.